The Balaban J connectivity index is 2.14. The second-order valence-electron chi connectivity index (χ2n) is 3.23. The predicted octanol–water partition coefficient (Wildman–Crippen LogP) is 3.55. The molecule has 1 aromatic heterocycles. The van der Waals surface area contributed by atoms with Gasteiger partial charge in [-0.3, -0.25) is 0 Å². The maximum Gasteiger partial charge on any atom is 0.161 e. The van der Waals surface area contributed by atoms with E-state index in [1.165, 1.54) is 0 Å². The van der Waals surface area contributed by atoms with Crippen LogP contribution in [0.4, 0.5) is 5.69 Å². The lowest BCUT2D eigenvalue weighted by molar-refractivity contribution is 0.272. The van der Waals surface area contributed by atoms with E-state index in [0.29, 0.717) is 17.4 Å². The Bertz CT molecular complexity index is 454. The zero-order valence-corrected chi connectivity index (χ0v) is 9.62. The average molecular weight is 238 g/mol. The van der Waals surface area contributed by atoms with Gasteiger partial charge in [0, 0.05) is 7.05 Å². The molecule has 0 aliphatic rings. The number of benzene rings is 1. The molecule has 1 heterocycles. The van der Waals surface area contributed by atoms with Crippen molar-refractivity contribution in [3.8, 4) is 5.75 Å². The molecule has 2 aromatic rings. The van der Waals surface area contributed by atoms with Crippen LogP contribution in [0.1, 0.15) is 5.76 Å². The van der Waals surface area contributed by atoms with Gasteiger partial charge >= 0.3 is 0 Å². The minimum absolute atomic E-state index is 0.366. The van der Waals surface area contributed by atoms with Crippen LogP contribution in [0.25, 0.3) is 0 Å². The van der Waals surface area contributed by atoms with Crippen LogP contribution in [-0.4, -0.2) is 7.05 Å². The third-order valence-electron chi connectivity index (χ3n) is 2.18. The zero-order chi connectivity index (χ0) is 11.4. The van der Waals surface area contributed by atoms with E-state index in [0.717, 1.165) is 11.4 Å². The Morgan fingerprint density at radius 1 is 1.31 bits per heavy atom. The number of nitrogens with one attached hydrogen (secondary N) is 1. The van der Waals surface area contributed by atoms with Gasteiger partial charge in [0.05, 0.1) is 17.0 Å². The summed E-state index contributed by atoms with van der Waals surface area (Å²) in [6, 6.07) is 9.25. The lowest BCUT2D eigenvalue weighted by Crippen LogP contribution is -1.98. The molecule has 1 aromatic carbocycles. The number of halogens is 1. The lowest BCUT2D eigenvalue weighted by atomic mass is 10.3. The highest BCUT2D eigenvalue weighted by Gasteiger charge is 2.07. The van der Waals surface area contributed by atoms with E-state index in [2.05, 4.69) is 5.32 Å². The van der Waals surface area contributed by atoms with Crippen molar-refractivity contribution in [2.24, 2.45) is 0 Å². The lowest BCUT2D eigenvalue weighted by Gasteiger charge is -2.11. The van der Waals surface area contributed by atoms with Crippen LogP contribution in [0.3, 0.4) is 0 Å². The molecule has 0 aliphatic heterocycles. The number of rotatable bonds is 4. The molecule has 0 saturated heterocycles. The third-order valence-corrected chi connectivity index (χ3v) is 2.47. The summed E-state index contributed by atoms with van der Waals surface area (Å²) in [5.74, 6) is 1.41. The molecule has 1 N–H and O–H groups in total. The van der Waals surface area contributed by atoms with E-state index < -0.39 is 0 Å². The maximum atomic E-state index is 6.05. The van der Waals surface area contributed by atoms with Crippen LogP contribution in [0.2, 0.25) is 5.02 Å². The van der Waals surface area contributed by atoms with Gasteiger partial charge in [0.25, 0.3) is 0 Å². The van der Waals surface area contributed by atoms with Crippen molar-refractivity contribution in [3.63, 3.8) is 0 Å². The van der Waals surface area contributed by atoms with Gasteiger partial charge in [0.2, 0.25) is 0 Å². The van der Waals surface area contributed by atoms with Crippen LogP contribution in [0.5, 0.6) is 5.75 Å². The Hall–Kier alpha value is -1.61. The highest BCUT2D eigenvalue weighted by molar-refractivity contribution is 6.32. The summed E-state index contributed by atoms with van der Waals surface area (Å²) < 4.78 is 10.8. The number of hydrogen-bond acceptors (Lipinski definition) is 3. The Kier molecular flexibility index (Phi) is 3.37. The normalized spacial score (nSPS) is 10.1. The fraction of sp³-hybridized carbons (Fsp3) is 0.167. The summed E-state index contributed by atoms with van der Waals surface area (Å²) in [6.07, 6.45) is 1.62. The van der Waals surface area contributed by atoms with E-state index >= 15 is 0 Å². The zero-order valence-electron chi connectivity index (χ0n) is 8.87. The minimum atomic E-state index is 0.366. The number of para-hydroxylation sites is 1. The maximum absolute atomic E-state index is 6.05. The van der Waals surface area contributed by atoms with E-state index in [9.17, 15) is 0 Å². The predicted molar refractivity (Wildman–Crippen MR) is 64.0 cm³/mol. The Morgan fingerprint density at radius 2 is 2.19 bits per heavy atom. The SMILES string of the molecule is CNc1cccc(Cl)c1OCc1ccco1. The van der Waals surface area contributed by atoms with Gasteiger partial charge in [-0.15, -0.1) is 0 Å². The third kappa shape index (κ3) is 2.31. The van der Waals surface area contributed by atoms with Crippen LogP contribution in [0.15, 0.2) is 41.0 Å². The van der Waals surface area contributed by atoms with Gasteiger partial charge in [0.1, 0.15) is 12.4 Å². The largest absolute Gasteiger partial charge is 0.482 e. The van der Waals surface area contributed by atoms with Gasteiger partial charge in [0.15, 0.2) is 5.75 Å². The molecule has 0 fully saturated rings. The van der Waals surface area contributed by atoms with Crippen molar-refractivity contribution in [2.75, 3.05) is 12.4 Å². The molecule has 4 heteroatoms. The van der Waals surface area contributed by atoms with Crippen molar-refractivity contribution in [1.82, 2.24) is 0 Å². The molecule has 0 atom stereocenters. The van der Waals surface area contributed by atoms with Gasteiger partial charge in [-0.2, -0.15) is 0 Å². The van der Waals surface area contributed by atoms with Crippen LogP contribution >= 0.6 is 11.6 Å². The molecule has 16 heavy (non-hydrogen) atoms. The molecule has 0 bridgehead atoms. The molecule has 0 spiro atoms. The molecule has 0 unspecified atom stereocenters. The number of ether oxygens (including phenoxy) is 1. The fourth-order valence-electron chi connectivity index (χ4n) is 1.39. The van der Waals surface area contributed by atoms with Crippen molar-refractivity contribution >= 4 is 17.3 Å². The molecule has 0 radical (unpaired) electrons. The fourth-order valence-corrected chi connectivity index (χ4v) is 1.62. The van der Waals surface area contributed by atoms with Crippen molar-refractivity contribution in [1.29, 1.82) is 0 Å². The van der Waals surface area contributed by atoms with Gasteiger partial charge in [-0.05, 0) is 24.3 Å². The number of anilines is 1. The second kappa shape index (κ2) is 4.94. The molecule has 3 nitrogen and oxygen atoms in total. The standard InChI is InChI=1S/C12H12ClNO2/c1-14-11-6-2-5-10(13)12(11)16-8-9-4-3-7-15-9/h2-7,14H,8H2,1H3. The molecular formula is C12H12ClNO2. The number of furan rings is 1. The summed E-state index contributed by atoms with van der Waals surface area (Å²) >= 11 is 6.05. The van der Waals surface area contributed by atoms with E-state index in [1.807, 2.05) is 31.3 Å². The summed E-state index contributed by atoms with van der Waals surface area (Å²) in [7, 11) is 1.82. The number of hydrogen-bond donors (Lipinski definition) is 1. The van der Waals surface area contributed by atoms with Crippen LogP contribution in [0, 0.1) is 0 Å². The van der Waals surface area contributed by atoms with Gasteiger partial charge in [-0.25, -0.2) is 0 Å². The van der Waals surface area contributed by atoms with Crippen LogP contribution < -0.4 is 10.1 Å². The van der Waals surface area contributed by atoms with Crippen molar-refractivity contribution in [2.45, 2.75) is 6.61 Å². The highest BCUT2D eigenvalue weighted by Crippen LogP contribution is 2.33. The first-order valence-corrected chi connectivity index (χ1v) is 5.30. The Labute approximate surface area is 99.0 Å². The molecule has 0 amide bonds. The first kappa shape index (κ1) is 10.9. The first-order chi connectivity index (χ1) is 7.81. The quantitative estimate of drug-likeness (QED) is 0.883. The highest BCUT2D eigenvalue weighted by atomic mass is 35.5. The van der Waals surface area contributed by atoms with E-state index in [-0.39, 0.29) is 0 Å². The molecule has 0 saturated carbocycles. The smallest absolute Gasteiger partial charge is 0.161 e. The second-order valence-corrected chi connectivity index (χ2v) is 3.64. The Morgan fingerprint density at radius 3 is 2.88 bits per heavy atom. The first-order valence-electron chi connectivity index (χ1n) is 4.92. The molecule has 84 valence electrons. The van der Waals surface area contributed by atoms with Crippen molar-refractivity contribution < 1.29 is 9.15 Å². The summed E-state index contributed by atoms with van der Waals surface area (Å²) in [5, 5.41) is 3.61. The summed E-state index contributed by atoms with van der Waals surface area (Å²) in [6.45, 7) is 0.366. The molecule has 2 rings (SSSR count). The van der Waals surface area contributed by atoms with Gasteiger partial charge in [-0.1, -0.05) is 17.7 Å². The van der Waals surface area contributed by atoms with E-state index in [1.54, 1.807) is 12.3 Å². The summed E-state index contributed by atoms with van der Waals surface area (Å²) in [5.41, 5.74) is 0.860. The monoisotopic (exact) mass is 237 g/mol. The minimum Gasteiger partial charge on any atom is -0.482 e. The average Bonchev–Trinajstić information content (AvgIpc) is 2.80. The molecule has 0 aliphatic carbocycles. The van der Waals surface area contributed by atoms with E-state index in [4.69, 9.17) is 20.8 Å². The van der Waals surface area contributed by atoms with Crippen molar-refractivity contribution in [3.05, 3.63) is 47.4 Å². The summed E-state index contributed by atoms with van der Waals surface area (Å²) in [4.78, 5) is 0. The molecular weight excluding hydrogens is 226 g/mol. The van der Waals surface area contributed by atoms with Gasteiger partial charge < -0.3 is 14.5 Å². The van der Waals surface area contributed by atoms with Crippen LogP contribution in [-0.2, 0) is 6.61 Å². The topological polar surface area (TPSA) is 34.4 Å².